The second kappa shape index (κ2) is 11.3. The van der Waals surface area contributed by atoms with Crippen LogP contribution in [0.15, 0.2) is 61.9 Å². The third kappa shape index (κ3) is 5.18. The smallest absolute Gasteiger partial charge is 0.338 e. The highest BCUT2D eigenvalue weighted by atomic mass is 127. The molecule has 10 heteroatoms. The first kappa shape index (κ1) is 26.7. The lowest BCUT2D eigenvalue weighted by Gasteiger charge is -2.25. The van der Waals surface area contributed by atoms with Gasteiger partial charge in [-0.15, -0.1) is 6.42 Å². The molecule has 1 aliphatic rings. The van der Waals surface area contributed by atoms with Gasteiger partial charge < -0.3 is 9.47 Å². The van der Waals surface area contributed by atoms with E-state index in [1.54, 1.807) is 38.1 Å². The fourth-order valence-electron chi connectivity index (χ4n) is 3.88. The molecule has 0 spiro atoms. The van der Waals surface area contributed by atoms with Crippen molar-refractivity contribution >= 4 is 73.5 Å². The number of carbonyl (C=O) groups excluding carboxylic acids is 1. The molecule has 1 atom stereocenters. The summed E-state index contributed by atoms with van der Waals surface area (Å²) < 4.78 is 14.7. The maximum Gasteiger partial charge on any atom is 0.338 e. The molecule has 0 unspecified atom stereocenters. The molecular formula is C26H19BrClIN2O4S. The zero-order valence-electron chi connectivity index (χ0n) is 19.2. The minimum absolute atomic E-state index is 0.0916. The Hall–Kier alpha value is -2.39. The molecule has 3 aromatic rings. The van der Waals surface area contributed by atoms with Gasteiger partial charge in [-0.3, -0.25) is 9.36 Å². The third-order valence-corrected chi connectivity index (χ3v) is 7.93. The lowest BCUT2D eigenvalue weighted by Crippen LogP contribution is -2.40. The van der Waals surface area contributed by atoms with Gasteiger partial charge in [0.2, 0.25) is 0 Å². The molecule has 1 aliphatic heterocycles. The van der Waals surface area contributed by atoms with Crippen LogP contribution in [0, 0.1) is 15.9 Å². The predicted molar refractivity (Wildman–Crippen MR) is 153 cm³/mol. The number of nitrogens with zero attached hydrogens (tertiary/aromatic N) is 2. The van der Waals surface area contributed by atoms with Gasteiger partial charge in [0.1, 0.15) is 18.4 Å². The maximum atomic E-state index is 13.8. The Morgan fingerprint density at radius 3 is 2.83 bits per heavy atom. The van der Waals surface area contributed by atoms with Crippen LogP contribution in [-0.4, -0.2) is 23.8 Å². The van der Waals surface area contributed by atoms with Crippen LogP contribution in [-0.2, 0) is 9.53 Å². The summed E-state index contributed by atoms with van der Waals surface area (Å²) in [6.45, 7) is 3.74. The number of halogens is 3. The summed E-state index contributed by atoms with van der Waals surface area (Å²) >= 11 is 13.4. The first-order valence-corrected chi connectivity index (χ1v) is 13.8. The topological polar surface area (TPSA) is 69.9 Å². The first-order valence-electron chi connectivity index (χ1n) is 10.8. The van der Waals surface area contributed by atoms with E-state index in [9.17, 15) is 9.59 Å². The Morgan fingerprint density at radius 2 is 2.14 bits per heavy atom. The fourth-order valence-corrected chi connectivity index (χ4v) is 6.86. The molecule has 6 nitrogen and oxygen atoms in total. The van der Waals surface area contributed by atoms with Gasteiger partial charge in [-0.2, -0.15) is 0 Å². The van der Waals surface area contributed by atoms with E-state index in [1.165, 1.54) is 15.9 Å². The van der Waals surface area contributed by atoms with Crippen LogP contribution in [0.25, 0.3) is 6.08 Å². The molecule has 0 saturated heterocycles. The van der Waals surface area contributed by atoms with Crippen molar-refractivity contribution in [1.29, 1.82) is 0 Å². The van der Waals surface area contributed by atoms with Gasteiger partial charge in [0.15, 0.2) is 4.80 Å². The number of fused-ring (bicyclic) bond motifs is 1. The molecular weight excluding hydrogens is 679 g/mol. The van der Waals surface area contributed by atoms with Gasteiger partial charge in [0.05, 0.1) is 26.0 Å². The number of benzene rings is 2. The lowest BCUT2D eigenvalue weighted by atomic mass is 9.96. The van der Waals surface area contributed by atoms with Crippen LogP contribution in [0.4, 0.5) is 0 Å². The number of hydrogen-bond acceptors (Lipinski definition) is 6. The first-order chi connectivity index (χ1) is 17.3. The number of ether oxygens (including phenoxy) is 2. The maximum absolute atomic E-state index is 13.8. The Kier molecular flexibility index (Phi) is 8.40. The summed E-state index contributed by atoms with van der Waals surface area (Å²) in [7, 11) is 0. The molecule has 0 aliphatic carbocycles. The minimum Gasteiger partial charge on any atom is -0.479 e. The summed E-state index contributed by atoms with van der Waals surface area (Å²) in [4.78, 5) is 31.9. The summed E-state index contributed by atoms with van der Waals surface area (Å²) in [6.07, 6.45) is 7.14. The van der Waals surface area contributed by atoms with Crippen LogP contribution in [0.2, 0.25) is 5.02 Å². The molecule has 1 aromatic heterocycles. The Balaban J connectivity index is 1.99. The number of hydrogen-bond donors (Lipinski definition) is 0. The lowest BCUT2D eigenvalue weighted by molar-refractivity contribution is -0.139. The van der Waals surface area contributed by atoms with E-state index in [4.69, 9.17) is 27.5 Å². The highest BCUT2D eigenvalue weighted by molar-refractivity contribution is 14.1. The van der Waals surface area contributed by atoms with E-state index >= 15 is 0 Å². The average Bonchev–Trinajstić information content (AvgIpc) is 3.12. The SMILES string of the molecule is C#CCOc1c(I)cc(Br)cc1/C=c1\sc2n(c1=O)[C@H](c1ccccc1Cl)C(C(=O)OCC)=C(C)N=2. The molecule has 0 fully saturated rings. The van der Waals surface area contributed by atoms with Crippen molar-refractivity contribution in [3.8, 4) is 18.1 Å². The van der Waals surface area contributed by atoms with Crippen LogP contribution in [0.3, 0.4) is 0 Å². The molecule has 2 aromatic carbocycles. The molecule has 36 heavy (non-hydrogen) atoms. The number of thiazole rings is 1. The predicted octanol–water partition coefficient (Wildman–Crippen LogP) is 4.83. The normalized spacial score (nSPS) is 15.2. The van der Waals surface area contributed by atoms with Crippen molar-refractivity contribution in [1.82, 2.24) is 4.57 Å². The van der Waals surface area contributed by atoms with Gasteiger partial charge >= 0.3 is 5.97 Å². The molecule has 184 valence electrons. The third-order valence-electron chi connectivity index (χ3n) is 5.34. The van der Waals surface area contributed by atoms with Crippen molar-refractivity contribution in [2.75, 3.05) is 13.2 Å². The fraction of sp³-hybridized carbons (Fsp3) is 0.192. The van der Waals surface area contributed by atoms with Gasteiger partial charge in [-0.25, -0.2) is 9.79 Å². The Labute approximate surface area is 238 Å². The van der Waals surface area contributed by atoms with Gasteiger partial charge in [-0.1, -0.05) is 63.0 Å². The van der Waals surface area contributed by atoms with E-state index in [0.29, 0.717) is 36.9 Å². The number of carbonyl (C=O) groups is 1. The largest absolute Gasteiger partial charge is 0.479 e. The van der Waals surface area contributed by atoms with Crippen LogP contribution in [0.1, 0.15) is 31.0 Å². The second-order valence-corrected chi connectivity index (χ2v) is 11.1. The Bertz CT molecular complexity index is 1620. The molecule has 0 radical (unpaired) electrons. The number of esters is 1. The van der Waals surface area contributed by atoms with Crippen LogP contribution >= 0.6 is 61.5 Å². The highest BCUT2D eigenvalue weighted by Gasteiger charge is 2.34. The molecule has 0 saturated carbocycles. The average molecular weight is 698 g/mol. The second-order valence-electron chi connectivity index (χ2n) is 7.62. The summed E-state index contributed by atoms with van der Waals surface area (Å²) in [5, 5.41) is 0.431. The monoisotopic (exact) mass is 696 g/mol. The Morgan fingerprint density at radius 1 is 1.39 bits per heavy atom. The van der Waals surface area contributed by atoms with E-state index in [2.05, 4.69) is 49.4 Å². The highest BCUT2D eigenvalue weighted by Crippen LogP contribution is 2.35. The number of rotatable bonds is 6. The molecule has 2 heterocycles. The van der Waals surface area contributed by atoms with E-state index in [0.717, 1.165) is 8.04 Å². The zero-order chi connectivity index (χ0) is 26.0. The molecule has 0 N–H and O–H groups in total. The van der Waals surface area contributed by atoms with Crippen molar-refractivity contribution in [2.24, 2.45) is 4.99 Å². The number of allylic oxidation sites excluding steroid dienone is 1. The summed E-state index contributed by atoms with van der Waals surface area (Å²) in [5.41, 5.74) is 1.74. The van der Waals surface area contributed by atoms with Crippen molar-refractivity contribution in [3.63, 3.8) is 0 Å². The minimum atomic E-state index is -0.782. The van der Waals surface area contributed by atoms with Crippen molar-refractivity contribution in [3.05, 3.63) is 91.5 Å². The van der Waals surface area contributed by atoms with E-state index < -0.39 is 12.0 Å². The summed E-state index contributed by atoms with van der Waals surface area (Å²) in [5.74, 6) is 2.51. The summed E-state index contributed by atoms with van der Waals surface area (Å²) in [6, 6.07) is 10.1. The van der Waals surface area contributed by atoms with E-state index in [1.807, 2.05) is 18.2 Å². The quantitative estimate of drug-likeness (QED) is 0.210. The van der Waals surface area contributed by atoms with Gasteiger partial charge in [0.25, 0.3) is 5.56 Å². The standard InChI is InChI=1S/C26H19BrClIN2O4S/c1-4-10-35-23-15(11-16(27)13-19(23)29)12-20-24(32)31-22(17-8-6-7-9-18(17)28)21(25(33)34-5-2)14(3)30-26(31)36-20/h1,6-9,11-13,22H,5,10H2,2-3H3/b20-12-/t22-/m1/s1. The van der Waals surface area contributed by atoms with Gasteiger partial charge in [-0.05, 0) is 66.3 Å². The zero-order valence-corrected chi connectivity index (χ0v) is 24.5. The number of terminal acetylenes is 1. The molecule has 4 rings (SSSR count). The van der Waals surface area contributed by atoms with Crippen molar-refractivity contribution in [2.45, 2.75) is 19.9 Å². The van der Waals surface area contributed by atoms with Crippen molar-refractivity contribution < 1.29 is 14.3 Å². The number of aromatic nitrogens is 1. The van der Waals surface area contributed by atoms with Gasteiger partial charge in [0, 0.05) is 15.1 Å². The molecule has 0 bridgehead atoms. The molecule has 0 amide bonds. The van der Waals surface area contributed by atoms with Crippen LogP contribution in [0.5, 0.6) is 5.75 Å². The van der Waals surface area contributed by atoms with E-state index in [-0.39, 0.29) is 24.3 Å². The van der Waals surface area contributed by atoms with Crippen LogP contribution < -0.4 is 19.6 Å².